The van der Waals surface area contributed by atoms with Gasteiger partial charge in [0.1, 0.15) is 11.6 Å². The maximum atomic E-state index is 12.1. The first kappa shape index (κ1) is 13.7. The van der Waals surface area contributed by atoms with Gasteiger partial charge in [-0.2, -0.15) is 13.2 Å². The highest BCUT2D eigenvalue weighted by Gasteiger charge is 2.38. The molecule has 0 aliphatic heterocycles. The number of aliphatic hydroxyl groups excluding tert-OH is 1. The number of alkyl halides is 3. The van der Waals surface area contributed by atoms with E-state index in [1.807, 2.05) is 0 Å². The van der Waals surface area contributed by atoms with Crippen molar-refractivity contribution in [1.29, 1.82) is 0 Å². The van der Waals surface area contributed by atoms with E-state index in [9.17, 15) is 13.2 Å². The van der Waals surface area contributed by atoms with E-state index in [1.165, 1.54) is 24.2 Å². The number of nitrogens with zero attached hydrogens (tertiary/aromatic N) is 3. The van der Waals surface area contributed by atoms with Crippen molar-refractivity contribution in [3.05, 3.63) is 18.1 Å². The normalized spacial score (nSPS) is 14.0. The number of nitrogen functional groups attached to an aromatic ring is 1. The van der Waals surface area contributed by atoms with E-state index in [-0.39, 0.29) is 12.4 Å². The highest BCUT2D eigenvalue weighted by molar-refractivity contribution is 5.24. The SMILES string of the molecule is CN(Cc1nccc(N)n1)CC(O)C(F)(F)F. The fourth-order valence-electron chi connectivity index (χ4n) is 1.20. The molecule has 3 N–H and O–H groups in total. The Morgan fingerprint density at radius 1 is 1.53 bits per heavy atom. The quantitative estimate of drug-likeness (QED) is 0.809. The van der Waals surface area contributed by atoms with Crippen molar-refractivity contribution in [2.24, 2.45) is 0 Å². The summed E-state index contributed by atoms with van der Waals surface area (Å²) in [4.78, 5) is 8.97. The van der Waals surface area contributed by atoms with E-state index >= 15 is 0 Å². The molecule has 0 aliphatic rings. The Hall–Kier alpha value is -1.41. The summed E-state index contributed by atoms with van der Waals surface area (Å²) in [6, 6.07) is 1.48. The topological polar surface area (TPSA) is 75.3 Å². The van der Waals surface area contributed by atoms with Crippen LogP contribution in [0.5, 0.6) is 0 Å². The predicted molar refractivity (Wildman–Crippen MR) is 54.8 cm³/mol. The van der Waals surface area contributed by atoms with Crippen molar-refractivity contribution >= 4 is 5.82 Å². The fraction of sp³-hybridized carbons (Fsp3) is 0.556. The molecule has 8 heteroatoms. The van der Waals surface area contributed by atoms with Crippen molar-refractivity contribution in [2.75, 3.05) is 19.3 Å². The van der Waals surface area contributed by atoms with Crippen molar-refractivity contribution in [3.8, 4) is 0 Å². The summed E-state index contributed by atoms with van der Waals surface area (Å²) in [6.07, 6.45) is -5.58. The molecule has 1 unspecified atom stereocenters. The first-order valence-corrected chi connectivity index (χ1v) is 4.79. The van der Waals surface area contributed by atoms with Crippen LogP contribution in [0, 0.1) is 0 Å². The van der Waals surface area contributed by atoms with Crippen LogP contribution in [0.15, 0.2) is 12.3 Å². The molecule has 5 nitrogen and oxygen atoms in total. The van der Waals surface area contributed by atoms with Crippen molar-refractivity contribution in [3.63, 3.8) is 0 Å². The van der Waals surface area contributed by atoms with Crippen LogP contribution < -0.4 is 5.73 Å². The highest BCUT2D eigenvalue weighted by atomic mass is 19.4. The van der Waals surface area contributed by atoms with Crippen LogP contribution in [-0.2, 0) is 6.54 Å². The number of rotatable bonds is 4. The van der Waals surface area contributed by atoms with E-state index in [2.05, 4.69) is 9.97 Å². The van der Waals surface area contributed by atoms with Crippen LogP contribution in [0.2, 0.25) is 0 Å². The van der Waals surface area contributed by atoms with Gasteiger partial charge in [0.15, 0.2) is 6.10 Å². The number of anilines is 1. The zero-order chi connectivity index (χ0) is 13.1. The van der Waals surface area contributed by atoms with Gasteiger partial charge >= 0.3 is 6.18 Å². The second kappa shape index (κ2) is 5.28. The molecule has 1 aromatic rings. The van der Waals surface area contributed by atoms with Gasteiger partial charge in [-0.3, -0.25) is 4.90 Å². The van der Waals surface area contributed by atoms with Gasteiger partial charge in [0.05, 0.1) is 6.54 Å². The Morgan fingerprint density at radius 3 is 2.71 bits per heavy atom. The molecule has 1 heterocycles. The van der Waals surface area contributed by atoms with E-state index in [1.54, 1.807) is 0 Å². The van der Waals surface area contributed by atoms with Gasteiger partial charge in [-0.05, 0) is 13.1 Å². The highest BCUT2D eigenvalue weighted by Crippen LogP contribution is 2.20. The average molecular weight is 250 g/mol. The summed E-state index contributed by atoms with van der Waals surface area (Å²) in [5, 5.41) is 8.86. The number of aliphatic hydroxyl groups is 1. The summed E-state index contributed by atoms with van der Waals surface area (Å²) in [7, 11) is 1.43. The smallest absolute Gasteiger partial charge is 0.384 e. The van der Waals surface area contributed by atoms with Gasteiger partial charge < -0.3 is 10.8 Å². The molecular formula is C9H13F3N4O. The molecule has 0 spiro atoms. The maximum absolute atomic E-state index is 12.1. The zero-order valence-corrected chi connectivity index (χ0v) is 9.15. The van der Waals surface area contributed by atoms with Crippen LogP contribution >= 0.6 is 0 Å². The van der Waals surface area contributed by atoms with Gasteiger partial charge in [0, 0.05) is 12.7 Å². The lowest BCUT2D eigenvalue weighted by molar-refractivity contribution is -0.207. The van der Waals surface area contributed by atoms with Gasteiger partial charge in [-0.15, -0.1) is 0 Å². The summed E-state index contributed by atoms with van der Waals surface area (Å²) in [6.45, 7) is -0.458. The van der Waals surface area contributed by atoms with Gasteiger partial charge in [0.25, 0.3) is 0 Å². The Balaban J connectivity index is 2.53. The summed E-state index contributed by atoms with van der Waals surface area (Å²) in [5.41, 5.74) is 5.41. The minimum atomic E-state index is -4.62. The number of hydrogen-bond acceptors (Lipinski definition) is 5. The Kier molecular flexibility index (Phi) is 4.24. The van der Waals surface area contributed by atoms with Crippen molar-refractivity contribution in [1.82, 2.24) is 14.9 Å². The second-order valence-corrected chi connectivity index (χ2v) is 3.65. The minimum absolute atomic E-state index is 0.0815. The standard InChI is InChI=1S/C9H13F3N4O/c1-16(4-6(17)9(10,11)12)5-8-14-3-2-7(13)15-8/h2-3,6,17H,4-5H2,1H3,(H2,13,14,15). The molecule has 0 bridgehead atoms. The second-order valence-electron chi connectivity index (χ2n) is 3.65. The monoisotopic (exact) mass is 250 g/mol. The molecule has 1 rings (SSSR count). The lowest BCUT2D eigenvalue weighted by Crippen LogP contribution is -2.39. The molecule has 17 heavy (non-hydrogen) atoms. The number of halogens is 3. The van der Waals surface area contributed by atoms with Crippen LogP contribution in [-0.4, -0.2) is 45.8 Å². The van der Waals surface area contributed by atoms with Crippen molar-refractivity contribution in [2.45, 2.75) is 18.8 Å². The van der Waals surface area contributed by atoms with Crippen molar-refractivity contribution < 1.29 is 18.3 Å². The number of aromatic nitrogens is 2. The molecule has 0 amide bonds. The molecule has 96 valence electrons. The third-order valence-electron chi connectivity index (χ3n) is 2.00. The van der Waals surface area contributed by atoms with Crippen LogP contribution in [0.1, 0.15) is 5.82 Å². The number of hydrogen-bond donors (Lipinski definition) is 2. The van der Waals surface area contributed by atoms with Crippen LogP contribution in [0.3, 0.4) is 0 Å². The molecule has 1 aromatic heterocycles. The molecule has 0 saturated heterocycles. The molecule has 0 fully saturated rings. The molecule has 0 saturated carbocycles. The van der Waals surface area contributed by atoms with E-state index < -0.39 is 18.8 Å². The molecule has 1 atom stereocenters. The van der Waals surface area contributed by atoms with Crippen LogP contribution in [0.4, 0.5) is 19.0 Å². The van der Waals surface area contributed by atoms with E-state index in [0.717, 1.165) is 0 Å². The maximum Gasteiger partial charge on any atom is 0.415 e. The van der Waals surface area contributed by atoms with Crippen LogP contribution in [0.25, 0.3) is 0 Å². The van der Waals surface area contributed by atoms with Gasteiger partial charge in [-0.1, -0.05) is 0 Å². The third-order valence-corrected chi connectivity index (χ3v) is 2.00. The average Bonchev–Trinajstić information content (AvgIpc) is 2.15. The molecule has 0 radical (unpaired) electrons. The van der Waals surface area contributed by atoms with Gasteiger partial charge in [-0.25, -0.2) is 9.97 Å². The Bertz CT molecular complexity index is 372. The first-order chi connectivity index (χ1) is 7.79. The molecular weight excluding hydrogens is 237 g/mol. The summed E-state index contributed by atoms with van der Waals surface area (Å²) < 4.78 is 36.3. The fourth-order valence-corrected chi connectivity index (χ4v) is 1.20. The summed E-state index contributed by atoms with van der Waals surface area (Å²) in [5.74, 6) is 0.557. The number of likely N-dealkylation sites (N-methyl/N-ethyl adjacent to an activating group) is 1. The largest absolute Gasteiger partial charge is 0.415 e. The lowest BCUT2D eigenvalue weighted by atomic mass is 10.3. The zero-order valence-electron chi connectivity index (χ0n) is 9.15. The number of nitrogens with two attached hydrogens (primary N) is 1. The molecule has 0 aliphatic carbocycles. The van der Waals surface area contributed by atoms with E-state index in [0.29, 0.717) is 5.82 Å². The van der Waals surface area contributed by atoms with E-state index in [4.69, 9.17) is 10.8 Å². The first-order valence-electron chi connectivity index (χ1n) is 4.79. The Morgan fingerprint density at radius 2 is 2.18 bits per heavy atom. The van der Waals surface area contributed by atoms with Gasteiger partial charge in [0.2, 0.25) is 0 Å². The minimum Gasteiger partial charge on any atom is -0.384 e. The predicted octanol–water partition coefficient (Wildman–Crippen LogP) is 0.414. The third kappa shape index (κ3) is 4.53. The lowest BCUT2D eigenvalue weighted by Gasteiger charge is -2.21. The molecule has 0 aromatic carbocycles. The summed E-state index contributed by atoms with van der Waals surface area (Å²) >= 11 is 0. The Labute approximate surface area is 96.1 Å².